The molecular weight excluding hydrogens is 366 g/mol. The molecule has 0 aliphatic carbocycles. The van der Waals surface area contributed by atoms with E-state index >= 15 is 0 Å². The Hall–Kier alpha value is -2.41. The van der Waals surface area contributed by atoms with Gasteiger partial charge in [-0.15, -0.1) is 0 Å². The molecule has 1 fully saturated rings. The number of nitrogens with zero attached hydrogens (tertiary/aromatic N) is 2. The van der Waals surface area contributed by atoms with Crippen LogP contribution in [0.3, 0.4) is 0 Å². The Bertz CT molecular complexity index is 797. The Morgan fingerprint density at radius 1 is 0.966 bits per heavy atom. The maximum atomic E-state index is 12.4. The average Bonchev–Trinajstić information content (AvgIpc) is 2.70. The standard InChI is InChI=1S/C23H31N3O3/c1-16-8-7-9-17(2)20(16)21(22(24)28)25-12-14-26(15-13-25)23(18(3)27)29-19-10-5-4-6-11-19/h4-11,18,21,23,27H,12-15H2,1-3H3,(H2,24,28). The van der Waals surface area contributed by atoms with Crippen molar-refractivity contribution >= 4 is 5.91 Å². The van der Waals surface area contributed by atoms with Crippen molar-refractivity contribution in [2.45, 2.75) is 39.1 Å². The predicted octanol–water partition coefficient (Wildman–Crippen LogP) is 2.23. The van der Waals surface area contributed by atoms with E-state index in [9.17, 15) is 9.90 Å². The van der Waals surface area contributed by atoms with Crippen LogP contribution in [0.15, 0.2) is 48.5 Å². The number of nitrogens with two attached hydrogens (primary N) is 1. The Labute approximate surface area is 172 Å². The number of aryl methyl sites for hydroxylation is 2. The van der Waals surface area contributed by atoms with Crippen LogP contribution in [0, 0.1) is 13.8 Å². The minimum absolute atomic E-state index is 0.330. The number of aliphatic hydroxyl groups excluding tert-OH is 1. The highest BCUT2D eigenvalue weighted by Gasteiger charge is 2.34. The maximum Gasteiger partial charge on any atom is 0.239 e. The summed E-state index contributed by atoms with van der Waals surface area (Å²) in [5.74, 6) is 0.398. The lowest BCUT2D eigenvalue weighted by molar-refractivity contribution is -0.126. The molecular formula is C23H31N3O3. The molecule has 6 heteroatoms. The number of hydrogen-bond acceptors (Lipinski definition) is 5. The minimum atomic E-state index is -0.646. The number of amides is 1. The lowest BCUT2D eigenvalue weighted by Crippen LogP contribution is -2.57. The summed E-state index contributed by atoms with van der Waals surface area (Å²) >= 11 is 0. The number of carbonyl (C=O) groups is 1. The number of rotatable bonds is 7. The van der Waals surface area contributed by atoms with Gasteiger partial charge < -0.3 is 15.6 Å². The van der Waals surface area contributed by atoms with Crippen molar-refractivity contribution in [2.75, 3.05) is 26.2 Å². The first-order valence-corrected chi connectivity index (χ1v) is 10.1. The van der Waals surface area contributed by atoms with E-state index in [1.807, 2.05) is 62.4 Å². The molecule has 1 amide bonds. The van der Waals surface area contributed by atoms with E-state index in [1.165, 1.54) is 0 Å². The van der Waals surface area contributed by atoms with E-state index in [-0.39, 0.29) is 5.91 Å². The molecule has 2 aromatic rings. The summed E-state index contributed by atoms with van der Waals surface area (Å²) in [5.41, 5.74) is 8.97. The number of aliphatic hydroxyl groups is 1. The van der Waals surface area contributed by atoms with E-state index < -0.39 is 18.4 Å². The fraction of sp³-hybridized carbons (Fsp3) is 0.435. The number of para-hydroxylation sites is 1. The summed E-state index contributed by atoms with van der Waals surface area (Å²) in [6.07, 6.45) is -1.08. The van der Waals surface area contributed by atoms with Gasteiger partial charge in [-0.25, -0.2) is 0 Å². The topological polar surface area (TPSA) is 79.0 Å². The number of primary amides is 1. The molecule has 0 aromatic heterocycles. The van der Waals surface area contributed by atoms with E-state index in [0.29, 0.717) is 26.2 Å². The van der Waals surface area contributed by atoms with Gasteiger partial charge in [0.25, 0.3) is 0 Å². The molecule has 29 heavy (non-hydrogen) atoms. The van der Waals surface area contributed by atoms with Gasteiger partial charge in [0.1, 0.15) is 17.9 Å². The second kappa shape index (κ2) is 9.39. The summed E-state index contributed by atoms with van der Waals surface area (Å²) in [6.45, 7) is 8.47. The van der Waals surface area contributed by atoms with E-state index in [1.54, 1.807) is 6.92 Å². The normalized spacial score (nSPS) is 18.8. The molecule has 0 saturated carbocycles. The van der Waals surface area contributed by atoms with Crippen LogP contribution < -0.4 is 10.5 Å². The SMILES string of the molecule is Cc1cccc(C)c1C(C(N)=O)N1CCN(C(Oc2ccccc2)C(C)O)CC1. The van der Waals surface area contributed by atoms with Crippen LogP contribution in [0.25, 0.3) is 0 Å². The molecule has 3 rings (SSSR count). The van der Waals surface area contributed by atoms with E-state index in [0.717, 1.165) is 22.4 Å². The summed E-state index contributed by atoms with van der Waals surface area (Å²) in [4.78, 5) is 16.6. The van der Waals surface area contributed by atoms with Crippen molar-refractivity contribution in [1.82, 2.24) is 9.80 Å². The van der Waals surface area contributed by atoms with Gasteiger partial charge in [-0.05, 0) is 49.6 Å². The van der Waals surface area contributed by atoms with Gasteiger partial charge in [0.2, 0.25) is 5.91 Å². The second-order valence-electron chi connectivity index (χ2n) is 7.74. The van der Waals surface area contributed by atoms with Crippen molar-refractivity contribution in [2.24, 2.45) is 5.73 Å². The molecule has 2 aromatic carbocycles. The summed E-state index contributed by atoms with van der Waals surface area (Å²) < 4.78 is 6.05. The number of benzene rings is 2. The van der Waals surface area contributed by atoms with Gasteiger partial charge in [0.15, 0.2) is 6.23 Å². The van der Waals surface area contributed by atoms with Gasteiger partial charge in [-0.3, -0.25) is 14.6 Å². The highest BCUT2D eigenvalue weighted by Crippen LogP contribution is 2.28. The highest BCUT2D eigenvalue weighted by atomic mass is 16.5. The molecule has 156 valence electrons. The second-order valence-corrected chi connectivity index (χ2v) is 7.74. The summed E-state index contributed by atoms with van der Waals surface area (Å²) in [7, 11) is 0. The lowest BCUT2D eigenvalue weighted by Gasteiger charge is -2.42. The zero-order valence-corrected chi connectivity index (χ0v) is 17.4. The molecule has 3 N–H and O–H groups in total. The highest BCUT2D eigenvalue weighted by molar-refractivity contribution is 5.82. The predicted molar refractivity (Wildman–Crippen MR) is 114 cm³/mol. The largest absolute Gasteiger partial charge is 0.472 e. The van der Waals surface area contributed by atoms with Gasteiger partial charge in [-0.2, -0.15) is 0 Å². The molecule has 6 nitrogen and oxygen atoms in total. The third kappa shape index (κ3) is 4.96. The molecule has 1 heterocycles. The first-order valence-electron chi connectivity index (χ1n) is 10.1. The zero-order valence-electron chi connectivity index (χ0n) is 17.4. The number of piperazine rings is 1. The zero-order chi connectivity index (χ0) is 21.0. The fourth-order valence-corrected chi connectivity index (χ4v) is 4.13. The Morgan fingerprint density at radius 2 is 1.52 bits per heavy atom. The molecule has 3 atom stereocenters. The van der Waals surface area contributed by atoms with Crippen molar-refractivity contribution in [3.63, 3.8) is 0 Å². The van der Waals surface area contributed by atoms with Crippen molar-refractivity contribution in [1.29, 1.82) is 0 Å². The minimum Gasteiger partial charge on any atom is -0.472 e. The average molecular weight is 398 g/mol. The van der Waals surface area contributed by atoms with Gasteiger partial charge in [0, 0.05) is 26.2 Å². The maximum absolute atomic E-state index is 12.4. The van der Waals surface area contributed by atoms with Gasteiger partial charge >= 0.3 is 0 Å². The molecule has 1 saturated heterocycles. The monoisotopic (exact) mass is 397 g/mol. The molecule has 3 unspecified atom stereocenters. The Morgan fingerprint density at radius 3 is 2.03 bits per heavy atom. The first kappa shape index (κ1) is 21.3. The van der Waals surface area contributed by atoms with Crippen molar-refractivity contribution < 1.29 is 14.6 Å². The van der Waals surface area contributed by atoms with Crippen LogP contribution >= 0.6 is 0 Å². The van der Waals surface area contributed by atoms with Gasteiger partial charge in [0.05, 0.1) is 0 Å². The van der Waals surface area contributed by atoms with Crippen molar-refractivity contribution in [3.05, 3.63) is 65.2 Å². The van der Waals surface area contributed by atoms with E-state index in [2.05, 4.69) is 9.80 Å². The van der Waals surface area contributed by atoms with Crippen LogP contribution in [0.1, 0.15) is 29.7 Å². The third-order valence-electron chi connectivity index (χ3n) is 5.57. The third-order valence-corrected chi connectivity index (χ3v) is 5.57. The van der Waals surface area contributed by atoms with Crippen molar-refractivity contribution in [3.8, 4) is 5.75 Å². The van der Waals surface area contributed by atoms with Crippen LogP contribution in [-0.2, 0) is 4.79 Å². The first-order chi connectivity index (χ1) is 13.9. The molecule has 0 spiro atoms. The summed E-state index contributed by atoms with van der Waals surface area (Å²) in [6, 6.07) is 15.1. The molecule has 1 aliphatic rings. The number of carbonyl (C=O) groups excluding carboxylic acids is 1. The number of ether oxygens (including phenoxy) is 1. The lowest BCUT2D eigenvalue weighted by atomic mass is 9.94. The fourth-order valence-electron chi connectivity index (χ4n) is 4.13. The Balaban J connectivity index is 1.73. The number of hydrogen-bond donors (Lipinski definition) is 2. The Kier molecular flexibility index (Phi) is 6.90. The van der Waals surface area contributed by atoms with Gasteiger partial charge in [-0.1, -0.05) is 36.4 Å². The molecule has 1 aliphatic heterocycles. The smallest absolute Gasteiger partial charge is 0.239 e. The quantitative estimate of drug-likeness (QED) is 0.749. The van der Waals surface area contributed by atoms with Crippen LogP contribution in [0.4, 0.5) is 0 Å². The summed E-state index contributed by atoms with van der Waals surface area (Å²) in [5, 5.41) is 10.3. The van der Waals surface area contributed by atoms with Crippen LogP contribution in [0.5, 0.6) is 5.75 Å². The molecule has 0 radical (unpaired) electrons. The van der Waals surface area contributed by atoms with Crippen LogP contribution in [-0.4, -0.2) is 59.3 Å². The van der Waals surface area contributed by atoms with Crippen LogP contribution in [0.2, 0.25) is 0 Å². The van der Waals surface area contributed by atoms with E-state index in [4.69, 9.17) is 10.5 Å². The molecule has 0 bridgehead atoms.